The van der Waals surface area contributed by atoms with E-state index in [9.17, 15) is 18.0 Å². The van der Waals surface area contributed by atoms with Crippen LogP contribution in [0, 0.1) is 11.8 Å². The molecule has 0 saturated carbocycles. The van der Waals surface area contributed by atoms with Gasteiger partial charge in [-0.3, -0.25) is 9.52 Å². The largest absolute Gasteiger partial charge is 0.495 e. The van der Waals surface area contributed by atoms with Gasteiger partial charge in [-0.2, -0.15) is 0 Å². The fraction of sp³-hybridized carbons (Fsp3) is 0.360. The van der Waals surface area contributed by atoms with Crippen molar-refractivity contribution in [2.24, 2.45) is 0 Å². The molecular formula is C25H29N3O6S. The maximum atomic E-state index is 12.6. The summed E-state index contributed by atoms with van der Waals surface area (Å²) in [4.78, 5) is 26.2. The number of nitrogens with zero attached hydrogens (tertiary/aromatic N) is 1. The summed E-state index contributed by atoms with van der Waals surface area (Å²) in [5.41, 5.74) is 2.17. The van der Waals surface area contributed by atoms with Crippen LogP contribution in [-0.4, -0.2) is 47.4 Å². The van der Waals surface area contributed by atoms with E-state index < -0.39 is 16.1 Å². The van der Waals surface area contributed by atoms with Crippen molar-refractivity contribution in [3.63, 3.8) is 0 Å². The molecule has 9 nitrogen and oxygen atoms in total. The highest BCUT2D eigenvalue weighted by Gasteiger charge is 2.30. The number of sulfonamides is 1. The molecule has 0 aromatic heterocycles. The normalized spacial score (nSPS) is 14.1. The summed E-state index contributed by atoms with van der Waals surface area (Å²) in [6, 6.07) is 7.70. The Bertz CT molecular complexity index is 1320. The highest BCUT2D eigenvalue weighted by Crippen LogP contribution is 2.38. The van der Waals surface area contributed by atoms with Crippen LogP contribution in [0.15, 0.2) is 30.3 Å². The molecule has 3 amide bonds. The smallest absolute Gasteiger partial charge is 0.328 e. The quantitative estimate of drug-likeness (QED) is 0.611. The van der Waals surface area contributed by atoms with Crippen LogP contribution in [0.3, 0.4) is 0 Å². The van der Waals surface area contributed by atoms with E-state index in [0.717, 1.165) is 16.7 Å². The molecular weight excluding hydrogens is 470 g/mol. The van der Waals surface area contributed by atoms with E-state index in [0.29, 0.717) is 40.5 Å². The van der Waals surface area contributed by atoms with Crippen LogP contribution in [0.5, 0.6) is 11.5 Å². The van der Waals surface area contributed by atoms with Crippen molar-refractivity contribution in [2.45, 2.75) is 32.6 Å². The number of hydrogen-bond donors (Lipinski definition) is 2. The van der Waals surface area contributed by atoms with Gasteiger partial charge in [0.2, 0.25) is 15.9 Å². The summed E-state index contributed by atoms with van der Waals surface area (Å²) < 4.78 is 36.6. The highest BCUT2D eigenvalue weighted by atomic mass is 32.2. The predicted molar refractivity (Wildman–Crippen MR) is 135 cm³/mol. The van der Waals surface area contributed by atoms with Crippen LogP contribution in [0.25, 0.3) is 0 Å². The van der Waals surface area contributed by atoms with E-state index in [1.807, 2.05) is 20.8 Å². The third-order valence-electron chi connectivity index (χ3n) is 5.25. The van der Waals surface area contributed by atoms with Gasteiger partial charge in [0.1, 0.15) is 11.5 Å². The van der Waals surface area contributed by atoms with Crippen molar-refractivity contribution in [3.05, 3.63) is 47.0 Å². The monoisotopic (exact) mass is 499 g/mol. The van der Waals surface area contributed by atoms with Gasteiger partial charge < -0.3 is 14.8 Å². The molecule has 0 aliphatic carbocycles. The van der Waals surface area contributed by atoms with Crippen molar-refractivity contribution in [2.75, 3.05) is 36.6 Å². The highest BCUT2D eigenvalue weighted by molar-refractivity contribution is 7.92. The van der Waals surface area contributed by atoms with Crippen molar-refractivity contribution in [1.82, 2.24) is 5.32 Å². The zero-order valence-corrected chi connectivity index (χ0v) is 21.4. The average Bonchev–Trinajstić information content (AvgIpc) is 2.76. The first-order valence-corrected chi connectivity index (χ1v) is 12.7. The Morgan fingerprint density at radius 1 is 1.03 bits per heavy atom. The number of hydrogen-bond acceptors (Lipinski definition) is 6. The molecule has 1 saturated heterocycles. The third-order valence-corrected chi connectivity index (χ3v) is 5.85. The first-order chi connectivity index (χ1) is 16.3. The molecule has 2 N–H and O–H groups in total. The number of methoxy groups -OCH3 is 2. The maximum absolute atomic E-state index is 12.6. The second-order valence-corrected chi connectivity index (χ2v) is 10.8. The maximum Gasteiger partial charge on any atom is 0.328 e. The summed E-state index contributed by atoms with van der Waals surface area (Å²) in [5.74, 6) is 6.74. The van der Waals surface area contributed by atoms with Gasteiger partial charge >= 0.3 is 6.03 Å². The number of benzene rings is 2. The van der Waals surface area contributed by atoms with Gasteiger partial charge in [0.05, 0.1) is 43.0 Å². The third kappa shape index (κ3) is 6.05. The lowest BCUT2D eigenvalue weighted by molar-refractivity contribution is -0.118. The van der Waals surface area contributed by atoms with E-state index in [1.165, 1.54) is 13.2 Å². The lowest BCUT2D eigenvalue weighted by Gasteiger charge is -2.29. The topological polar surface area (TPSA) is 114 Å². The van der Waals surface area contributed by atoms with Crippen LogP contribution in [0.2, 0.25) is 0 Å². The zero-order chi connectivity index (χ0) is 26.0. The molecule has 1 fully saturated rings. The molecule has 0 spiro atoms. The first-order valence-electron chi connectivity index (χ1n) is 10.8. The minimum absolute atomic E-state index is 0.203. The minimum Gasteiger partial charge on any atom is -0.495 e. The lowest BCUT2D eigenvalue weighted by atomic mass is 9.84. The number of nitrogens with one attached hydrogen (secondary N) is 2. The summed E-state index contributed by atoms with van der Waals surface area (Å²) in [5, 5.41) is 2.70. The zero-order valence-electron chi connectivity index (χ0n) is 20.6. The fourth-order valence-corrected chi connectivity index (χ4v) is 4.22. The molecule has 10 heteroatoms. The number of carbonyl (C=O) groups is 2. The number of carbonyl (C=O) groups excluding carboxylic acids is 2. The van der Waals surface area contributed by atoms with Crippen LogP contribution >= 0.6 is 0 Å². The van der Waals surface area contributed by atoms with E-state index in [1.54, 1.807) is 31.4 Å². The number of ether oxygens (including phenoxy) is 2. The molecule has 0 unspecified atom stereocenters. The van der Waals surface area contributed by atoms with Gasteiger partial charge in [-0.1, -0.05) is 32.6 Å². The van der Waals surface area contributed by atoms with E-state index in [2.05, 4.69) is 21.9 Å². The van der Waals surface area contributed by atoms with E-state index >= 15 is 0 Å². The number of anilines is 2. The summed E-state index contributed by atoms with van der Waals surface area (Å²) in [7, 11) is -0.441. The van der Waals surface area contributed by atoms with Crippen molar-refractivity contribution >= 4 is 33.3 Å². The number of imide groups is 1. The minimum atomic E-state index is -3.45. The van der Waals surface area contributed by atoms with Crippen LogP contribution in [-0.2, 0) is 20.2 Å². The first kappa shape index (κ1) is 25.9. The molecule has 1 aliphatic rings. The SMILES string of the molecule is COc1cc(NS(C)(=O)=O)ccc1C#Cc1cc(N2C(=O)CCNC2=O)cc(C(C)(C)C)c1OC. The molecule has 0 atom stereocenters. The molecule has 2 aromatic rings. The van der Waals surface area contributed by atoms with Crippen molar-refractivity contribution in [3.8, 4) is 23.3 Å². The van der Waals surface area contributed by atoms with E-state index in [4.69, 9.17) is 9.47 Å². The van der Waals surface area contributed by atoms with Gasteiger partial charge in [-0.05, 0) is 29.7 Å². The van der Waals surface area contributed by atoms with Crippen LogP contribution in [0.4, 0.5) is 16.2 Å². The molecule has 3 rings (SSSR count). The summed E-state index contributed by atoms with van der Waals surface area (Å²) >= 11 is 0. The van der Waals surface area contributed by atoms with Crippen LogP contribution in [0.1, 0.15) is 43.9 Å². The molecule has 0 bridgehead atoms. The van der Waals surface area contributed by atoms with Crippen molar-refractivity contribution in [1.29, 1.82) is 0 Å². The van der Waals surface area contributed by atoms with Gasteiger partial charge in [-0.15, -0.1) is 0 Å². The van der Waals surface area contributed by atoms with E-state index in [-0.39, 0.29) is 17.7 Å². The second kappa shape index (κ2) is 9.88. The average molecular weight is 500 g/mol. The van der Waals surface area contributed by atoms with Gasteiger partial charge in [-0.25, -0.2) is 18.1 Å². The Labute approximate surface area is 205 Å². The molecule has 1 aliphatic heterocycles. The Morgan fingerprint density at radius 2 is 1.71 bits per heavy atom. The Kier molecular flexibility index (Phi) is 7.31. The molecule has 0 radical (unpaired) electrons. The van der Waals surface area contributed by atoms with Gasteiger partial charge in [0, 0.05) is 24.6 Å². The van der Waals surface area contributed by atoms with Gasteiger partial charge in [0.25, 0.3) is 0 Å². The van der Waals surface area contributed by atoms with Crippen LogP contribution < -0.4 is 24.4 Å². The Hall–Kier alpha value is -3.71. The lowest BCUT2D eigenvalue weighted by Crippen LogP contribution is -2.50. The molecule has 2 aromatic carbocycles. The molecule has 35 heavy (non-hydrogen) atoms. The fourth-order valence-electron chi connectivity index (χ4n) is 3.66. The summed E-state index contributed by atoms with van der Waals surface area (Å²) in [6.45, 7) is 6.30. The summed E-state index contributed by atoms with van der Waals surface area (Å²) in [6.07, 6.45) is 1.27. The predicted octanol–water partition coefficient (Wildman–Crippen LogP) is 3.22. The second-order valence-electron chi connectivity index (χ2n) is 9.07. The number of rotatable bonds is 5. The standard InChI is InChI=1S/C25H29N3O6S/c1-25(2,3)20-15-19(28-22(29)11-12-26-24(28)30)13-17(23(20)34-5)8-7-16-9-10-18(14-21(16)33-4)27-35(6,31)32/h9-10,13-15,27H,11-12H2,1-6H3,(H,26,30). The van der Waals surface area contributed by atoms with Gasteiger partial charge in [0.15, 0.2) is 0 Å². The Balaban J connectivity index is 2.15. The molecule has 186 valence electrons. The molecule has 1 heterocycles. The Morgan fingerprint density at radius 3 is 2.29 bits per heavy atom. The number of urea groups is 1. The van der Waals surface area contributed by atoms with Crippen molar-refractivity contribution < 1.29 is 27.5 Å². The number of amides is 3.